The zero-order valence-electron chi connectivity index (χ0n) is 16.4. The number of carbonyl (C=O) groups excluding carboxylic acids is 3. The van der Waals surface area contributed by atoms with Crippen molar-refractivity contribution in [2.24, 2.45) is 5.92 Å². The molecule has 0 saturated heterocycles. The van der Waals surface area contributed by atoms with Crippen LogP contribution in [0.2, 0.25) is 0 Å². The molecule has 9 heteroatoms. The first-order valence-corrected chi connectivity index (χ1v) is 10.8. The lowest BCUT2D eigenvalue weighted by Gasteiger charge is -2.21. The lowest BCUT2D eigenvalue weighted by molar-refractivity contribution is -0.146. The van der Waals surface area contributed by atoms with Gasteiger partial charge in [0.25, 0.3) is 0 Å². The molecule has 156 valence electrons. The van der Waals surface area contributed by atoms with Gasteiger partial charge in [-0.3, -0.25) is 18.9 Å². The van der Waals surface area contributed by atoms with Crippen molar-refractivity contribution in [1.82, 2.24) is 0 Å². The van der Waals surface area contributed by atoms with Gasteiger partial charge in [0.05, 0.1) is 26.6 Å². The highest BCUT2D eigenvalue weighted by atomic mass is 31.2. The Morgan fingerprint density at radius 2 is 1.64 bits per heavy atom. The van der Waals surface area contributed by atoms with Gasteiger partial charge in [-0.15, -0.1) is 0 Å². The van der Waals surface area contributed by atoms with E-state index in [9.17, 15) is 18.9 Å². The summed E-state index contributed by atoms with van der Waals surface area (Å²) in [6.07, 6.45) is -0.199. The molecule has 28 heavy (non-hydrogen) atoms. The summed E-state index contributed by atoms with van der Waals surface area (Å²) in [7, 11) is 0.434. The number of ether oxygens (including phenoxy) is 3. The molecule has 8 nitrogen and oxygen atoms in total. The van der Waals surface area contributed by atoms with Crippen LogP contribution in [-0.2, 0) is 44.3 Å². The quantitative estimate of drug-likeness (QED) is 0.292. The molecule has 0 aliphatic heterocycles. The van der Waals surface area contributed by atoms with Crippen LogP contribution in [0, 0.1) is 5.92 Å². The van der Waals surface area contributed by atoms with Crippen LogP contribution in [0.4, 0.5) is 0 Å². The largest absolute Gasteiger partial charge is 0.469 e. The maximum atomic E-state index is 13.0. The summed E-state index contributed by atoms with van der Waals surface area (Å²) in [5, 5.41) is 0. The third kappa shape index (κ3) is 8.67. The van der Waals surface area contributed by atoms with Crippen molar-refractivity contribution in [2.45, 2.75) is 25.9 Å². The number of benzene rings is 1. The SMILES string of the molecule is COC(=O)CCC(CP(=O)(CCC(=O)OCc1ccccc1)OC)C(=O)OC. The first kappa shape index (κ1) is 23.9. The molecule has 2 atom stereocenters. The zero-order chi connectivity index (χ0) is 21.0. The van der Waals surface area contributed by atoms with E-state index in [0.29, 0.717) is 0 Å². The van der Waals surface area contributed by atoms with E-state index in [-0.39, 0.29) is 38.2 Å². The maximum Gasteiger partial charge on any atom is 0.309 e. The lowest BCUT2D eigenvalue weighted by atomic mass is 10.1. The molecule has 0 fully saturated rings. The van der Waals surface area contributed by atoms with E-state index in [0.717, 1.165) is 5.56 Å². The molecule has 1 rings (SSSR count). The van der Waals surface area contributed by atoms with E-state index in [1.165, 1.54) is 21.3 Å². The minimum Gasteiger partial charge on any atom is -0.469 e. The van der Waals surface area contributed by atoms with Gasteiger partial charge < -0.3 is 18.7 Å². The van der Waals surface area contributed by atoms with Gasteiger partial charge >= 0.3 is 17.9 Å². The minimum absolute atomic E-state index is 0.0148. The third-order valence-corrected chi connectivity index (χ3v) is 6.76. The monoisotopic (exact) mass is 414 g/mol. The van der Waals surface area contributed by atoms with Gasteiger partial charge in [-0.05, 0) is 12.0 Å². The molecule has 0 aliphatic carbocycles. The third-order valence-electron chi connectivity index (χ3n) is 4.19. The van der Waals surface area contributed by atoms with Crippen molar-refractivity contribution in [3.05, 3.63) is 35.9 Å². The molecular formula is C19H27O8P. The molecule has 0 spiro atoms. The zero-order valence-corrected chi connectivity index (χ0v) is 17.3. The van der Waals surface area contributed by atoms with Crippen LogP contribution >= 0.6 is 7.37 Å². The lowest BCUT2D eigenvalue weighted by Crippen LogP contribution is -2.23. The number of hydrogen-bond donors (Lipinski definition) is 0. The van der Waals surface area contributed by atoms with E-state index in [1.807, 2.05) is 30.3 Å². The van der Waals surface area contributed by atoms with Crippen LogP contribution in [0.1, 0.15) is 24.8 Å². The Bertz CT molecular complexity index is 688. The fourth-order valence-electron chi connectivity index (χ4n) is 2.51. The first-order chi connectivity index (χ1) is 13.3. The number of carbonyl (C=O) groups is 3. The van der Waals surface area contributed by atoms with Crippen molar-refractivity contribution in [3.63, 3.8) is 0 Å². The van der Waals surface area contributed by atoms with Crippen LogP contribution in [0.25, 0.3) is 0 Å². The molecule has 0 saturated carbocycles. The summed E-state index contributed by atoms with van der Waals surface area (Å²) < 4.78 is 32.5. The summed E-state index contributed by atoms with van der Waals surface area (Å²) in [6.45, 7) is 0.126. The van der Waals surface area contributed by atoms with Gasteiger partial charge in [-0.2, -0.15) is 0 Å². The van der Waals surface area contributed by atoms with Crippen molar-refractivity contribution in [1.29, 1.82) is 0 Å². The summed E-state index contributed by atoms with van der Waals surface area (Å²) in [6, 6.07) is 9.19. The van der Waals surface area contributed by atoms with Crippen molar-refractivity contribution < 1.29 is 37.7 Å². The molecular weight excluding hydrogens is 387 g/mol. The average molecular weight is 414 g/mol. The molecule has 0 amide bonds. The van der Waals surface area contributed by atoms with Gasteiger partial charge in [-0.25, -0.2) is 0 Å². The second-order valence-corrected chi connectivity index (χ2v) is 8.94. The minimum atomic E-state index is -3.30. The first-order valence-electron chi connectivity index (χ1n) is 8.81. The fourth-order valence-corrected chi connectivity index (χ4v) is 4.55. The van der Waals surface area contributed by atoms with Crippen LogP contribution < -0.4 is 0 Å². The predicted molar refractivity (Wildman–Crippen MR) is 102 cm³/mol. The molecule has 0 N–H and O–H groups in total. The van der Waals surface area contributed by atoms with E-state index in [4.69, 9.17) is 14.0 Å². The summed E-state index contributed by atoms with van der Waals surface area (Å²) in [4.78, 5) is 35.2. The predicted octanol–water partition coefficient (Wildman–Crippen LogP) is 2.79. The number of methoxy groups -OCH3 is 2. The highest BCUT2D eigenvalue weighted by Crippen LogP contribution is 2.49. The van der Waals surface area contributed by atoms with E-state index in [2.05, 4.69) is 4.74 Å². The standard InChI is InChI=1S/C19H27O8P/c1-24-17(20)10-9-16(19(22)25-2)14-28(23,26-3)12-11-18(21)27-13-15-7-5-4-6-8-15/h4-8,16H,9-14H2,1-3H3. The summed E-state index contributed by atoms with van der Waals surface area (Å²) in [5.41, 5.74) is 0.847. The molecule has 0 heterocycles. The Kier molecular flexibility index (Phi) is 10.5. The molecule has 0 aromatic heterocycles. The van der Waals surface area contributed by atoms with E-state index >= 15 is 0 Å². The number of esters is 3. The van der Waals surface area contributed by atoms with Crippen LogP contribution in [0.15, 0.2) is 30.3 Å². The molecule has 0 bridgehead atoms. The van der Waals surface area contributed by atoms with Gasteiger partial charge in [0.15, 0.2) is 0 Å². The second kappa shape index (κ2) is 12.3. The summed E-state index contributed by atoms with van der Waals surface area (Å²) in [5.74, 6) is -2.38. The Morgan fingerprint density at radius 3 is 2.21 bits per heavy atom. The number of rotatable bonds is 12. The summed E-state index contributed by atoms with van der Waals surface area (Å²) >= 11 is 0. The Morgan fingerprint density at radius 1 is 0.964 bits per heavy atom. The van der Waals surface area contributed by atoms with Gasteiger partial charge in [-0.1, -0.05) is 30.3 Å². The Balaban J connectivity index is 2.60. The normalized spacial score (nSPS) is 13.8. The Labute approximate surface area is 164 Å². The molecule has 0 aliphatic rings. The van der Waals surface area contributed by atoms with Crippen molar-refractivity contribution in [2.75, 3.05) is 33.7 Å². The molecule has 2 unspecified atom stereocenters. The van der Waals surface area contributed by atoms with Crippen molar-refractivity contribution >= 4 is 25.3 Å². The van der Waals surface area contributed by atoms with Crippen LogP contribution in [0.3, 0.4) is 0 Å². The maximum absolute atomic E-state index is 13.0. The Hall–Kier alpha value is -2.18. The van der Waals surface area contributed by atoms with E-state index < -0.39 is 31.2 Å². The smallest absolute Gasteiger partial charge is 0.309 e. The molecule has 1 aromatic rings. The van der Waals surface area contributed by atoms with Crippen LogP contribution in [-0.4, -0.2) is 51.6 Å². The fraction of sp³-hybridized carbons (Fsp3) is 0.526. The van der Waals surface area contributed by atoms with Gasteiger partial charge in [0, 0.05) is 25.9 Å². The number of hydrogen-bond acceptors (Lipinski definition) is 8. The molecule has 0 radical (unpaired) electrons. The van der Waals surface area contributed by atoms with Gasteiger partial charge in [0.1, 0.15) is 6.61 Å². The average Bonchev–Trinajstić information content (AvgIpc) is 2.73. The second-order valence-electron chi connectivity index (χ2n) is 6.13. The van der Waals surface area contributed by atoms with Crippen molar-refractivity contribution in [3.8, 4) is 0 Å². The van der Waals surface area contributed by atoms with E-state index in [1.54, 1.807) is 0 Å². The topological polar surface area (TPSA) is 105 Å². The highest BCUT2D eigenvalue weighted by molar-refractivity contribution is 7.59. The highest BCUT2D eigenvalue weighted by Gasteiger charge is 2.32. The van der Waals surface area contributed by atoms with Gasteiger partial charge in [0.2, 0.25) is 7.37 Å². The molecule has 1 aromatic carbocycles. The van der Waals surface area contributed by atoms with Crippen LogP contribution in [0.5, 0.6) is 0 Å².